The van der Waals surface area contributed by atoms with Gasteiger partial charge in [0.1, 0.15) is 0 Å². The van der Waals surface area contributed by atoms with E-state index in [0.29, 0.717) is 6.61 Å². The van der Waals surface area contributed by atoms with Gasteiger partial charge in [-0.15, -0.1) is 0 Å². The van der Waals surface area contributed by atoms with Crippen molar-refractivity contribution in [1.29, 1.82) is 0 Å². The van der Waals surface area contributed by atoms with Crippen molar-refractivity contribution < 1.29 is 9.16 Å². The molecule has 0 atom stereocenters. The summed E-state index contributed by atoms with van der Waals surface area (Å²) < 4.78 is 11.9. The van der Waals surface area contributed by atoms with Crippen LogP contribution in [0.15, 0.2) is 36.7 Å². The zero-order chi connectivity index (χ0) is 23.5. The Morgan fingerprint density at radius 1 is 0.879 bits per heavy atom. The molecule has 2 saturated heterocycles. The van der Waals surface area contributed by atoms with Gasteiger partial charge in [-0.05, 0) is 35.8 Å². The van der Waals surface area contributed by atoms with E-state index in [1.165, 1.54) is 11.3 Å². The third kappa shape index (κ3) is 5.86. The van der Waals surface area contributed by atoms with Gasteiger partial charge in [0.25, 0.3) is 0 Å². The maximum absolute atomic E-state index is 6.44. The third-order valence-electron chi connectivity index (χ3n) is 7.24. The SMILES string of the molecule is CC(C)(C)[Si](C)(C)OCc1cccc(N2CCN(c3cnc(N4CCOCC4)nc3)CC2)c1. The molecule has 2 aliphatic heterocycles. The van der Waals surface area contributed by atoms with Crippen LogP contribution in [0.3, 0.4) is 0 Å². The molecule has 33 heavy (non-hydrogen) atoms. The lowest BCUT2D eigenvalue weighted by Gasteiger charge is -2.38. The van der Waals surface area contributed by atoms with Gasteiger partial charge in [0, 0.05) is 45.0 Å². The lowest BCUT2D eigenvalue weighted by Crippen LogP contribution is -2.46. The Balaban J connectivity index is 1.32. The minimum absolute atomic E-state index is 0.227. The zero-order valence-corrected chi connectivity index (χ0v) is 21.9. The van der Waals surface area contributed by atoms with Crippen LogP contribution in [0.4, 0.5) is 17.3 Å². The van der Waals surface area contributed by atoms with E-state index in [0.717, 1.165) is 64.1 Å². The number of hydrogen-bond acceptors (Lipinski definition) is 7. The van der Waals surface area contributed by atoms with Crippen LogP contribution in [-0.4, -0.2) is 70.8 Å². The Kier molecular flexibility index (Phi) is 7.26. The van der Waals surface area contributed by atoms with E-state index in [1.54, 1.807) is 0 Å². The minimum atomic E-state index is -1.75. The van der Waals surface area contributed by atoms with E-state index in [2.05, 4.69) is 82.8 Å². The number of hydrogen-bond donors (Lipinski definition) is 0. The average Bonchev–Trinajstić information content (AvgIpc) is 2.83. The first-order chi connectivity index (χ1) is 15.7. The van der Waals surface area contributed by atoms with Gasteiger partial charge in [-0.2, -0.15) is 0 Å². The lowest BCUT2D eigenvalue weighted by molar-refractivity contribution is 0.122. The predicted molar refractivity (Wildman–Crippen MR) is 138 cm³/mol. The van der Waals surface area contributed by atoms with Crippen molar-refractivity contribution in [2.24, 2.45) is 0 Å². The smallest absolute Gasteiger partial charge is 0.225 e. The summed E-state index contributed by atoms with van der Waals surface area (Å²) in [6, 6.07) is 8.85. The first-order valence-corrected chi connectivity index (χ1v) is 15.0. The van der Waals surface area contributed by atoms with Gasteiger partial charge in [0.05, 0.1) is 37.9 Å². The summed E-state index contributed by atoms with van der Waals surface area (Å²) in [5, 5.41) is 0.227. The fourth-order valence-corrected chi connectivity index (χ4v) is 4.91. The van der Waals surface area contributed by atoms with Crippen molar-refractivity contribution in [1.82, 2.24) is 9.97 Å². The van der Waals surface area contributed by atoms with Crippen molar-refractivity contribution in [2.45, 2.75) is 45.5 Å². The number of ether oxygens (including phenoxy) is 1. The Labute approximate surface area is 199 Å². The zero-order valence-electron chi connectivity index (χ0n) is 20.9. The second-order valence-corrected chi connectivity index (χ2v) is 15.3. The van der Waals surface area contributed by atoms with Crippen molar-refractivity contribution in [3.8, 4) is 0 Å². The third-order valence-corrected chi connectivity index (χ3v) is 11.7. The molecular formula is C25H39N5O2Si. The molecule has 1 aromatic carbocycles. The fourth-order valence-electron chi connectivity index (χ4n) is 3.95. The highest BCUT2D eigenvalue weighted by atomic mass is 28.4. The topological polar surface area (TPSA) is 54.0 Å². The standard InChI is InChI=1S/C25H39N5O2Si/c1-25(2,3)33(4,5)32-20-21-7-6-8-22(17-21)28-9-11-29(12-10-28)23-18-26-24(27-19-23)30-13-15-31-16-14-30/h6-8,17-19H,9-16,20H2,1-5H3. The van der Waals surface area contributed by atoms with Crippen molar-refractivity contribution in [3.05, 3.63) is 42.2 Å². The molecule has 0 radical (unpaired) electrons. The highest BCUT2D eigenvalue weighted by Gasteiger charge is 2.37. The van der Waals surface area contributed by atoms with Crippen LogP contribution in [-0.2, 0) is 15.8 Å². The molecule has 0 aliphatic carbocycles. The number of benzene rings is 1. The van der Waals surface area contributed by atoms with E-state index >= 15 is 0 Å². The van der Waals surface area contributed by atoms with Gasteiger partial charge in [0.15, 0.2) is 8.32 Å². The molecule has 7 nitrogen and oxygen atoms in total. The minimum Gasteiger partial charge on any atom is -0.413 e. The summed E-state index contributed by atoms with van der Waals surface area (Å²) in [7, 11) is -1.75. The summed E-state index contributed by atoms with van der Waals surface area (Å²) in [4.78, 5) is 16.3. The van der Waals surface area contributed by atoms with Crippen LogP contribution in [0.5, 0.6) is 0 Å². The molecule has 4 rings (SSSR count). The lowest BCUT2D eigenvalue weighted by atomic mass is 10.2. The number of aromatic nitrogens is 2. The Morgan fingerprint density at radius 2 is 1.48 bits per heavy atom. The molecule has 180 valence electrons. The van der Waals surface area contributed by atoms with Gasteiger partial charge >= 0.3 is 0 Å². The molecule has 8 heteroatoms. The molecule has 0 spiro atoms. The molecular weight excluding hydrogens is 430 g/mol. The molecule has 0 N–H and O–H groups in total. The normalized spacial score (nSPS) is 18.0. The molecule has 0 amide bonds. The molecule has 3 heterocycles. The number of anilines is 3. The van der Waals surface area contributed by atoms with Gasteiger partial charge in [0.2, 0.25) is 5.95 Å². The van der Waals surface area contributed by atoms with E-state index in [1.807, 2.05) is 12.4 Å². The summed E-state index contributed by atoms with van der Waals surface area (Å²) in [6.07, 6.45) is 3.93. The molecule has 2 fully saturated rings. The van der Waals surface area contributed by atoms with Gasteiger partial charge in [-0.3, -0.25) is 0 Å². The molecule has 2 aliphatic rings. The van der Waals surface area contributed by atoms with E-state index in [9.17, 15) is 0 Å². The monoisotopic (exact) mass is 469 g/mol. The molecule has 0 unspecified atom stereocenters. The van der Waals surface area contributed by atoms with E-state index in [4.69, 9.17) is 9.16 Å². The summed E-state index contributed by atoms with van der Waals surface area (Å²) >= 11 is 0. The number of rotatable bonds is 6. The largest absolute Gasteiger partial charge is 0.413 e. The second-order valence-electron chi connectivity index (χ2n) is 10.5. The summed E-state index contributed by atoms with van der Waals surface area (Å²) in [5.41, 5.74) is 3.64. The van der Waals surface area contributed by atoms with Crippen LogP contribution < -0.4 is 14.7 Å². The summed E-state index contributed by atoms with van der Waals surface area (Å²) in [5.74, 6) is 0.803. The van der Waals surface area contributed by atoms with Crippen LogP contribution in [0.1, 0.15) is 26.3 Å². The number of piperazine rings is 1. The Hall–Kier alpha value is -2.16. The fraction of sp³-hybridized carbons (Fsp3) is 0.600. The maximum Gasteiger partial charge on any atom is 0.225 e. The van der Waals surface area contributed by atoms with Crippen molar-refractivity contribution in [3.63, 3.8) is 0 Å². The Bertz CT molecular complexity index is 902. The first-order valence-electron chi connectivity index (χ1n) is 12.1. The quantitative estimate of drug-likeness (QED) is 0.589. The van der Waals surface area contributed by atoms with Gasteiger partial charge < -0.3 is 23.9 Å². The molecule has 1 aromatic heterocycles. The van der Waals surface area contributed by atoms with Crippen LogP contribution in [0.2, 0.25) is 18.1 Å². The highest BCUT2D eigenvalue weighted by molar-refractivity contribution is 6.74. The molecule has 0 bridgehead atoms. The number of morpholine rings is 1. The highest BCUT2D eigenvalue weighted by Crippen LogP contribution is 2.37. The van der Waals surface area contributed by atoms with Crippen LogP contribution in [0, 0.1) is 0 Å². The second kappa shape index (κ2) is 9.99. The van der Waals surface area contributed by atoms with Crippen LogP contribution in [0.25, 0.3) is 0 Å². The molecule has 0 saturated carbocycles. The molecule has 2 aromatic rings. The first kappa shape index (κ1) is 24.0. The van der Waals surface area contributed by atoms with E-state index in [-0.39, 0.29) is 5.04 Å². The van der Waals surface area contributed by atoms with E-state index < -0.39 is 8.32 Å². The van der Waals surface area contributed by atoms with Gasteiger partial charge in [-0.1, -0.05) is 32.9 Å². The van der Waals surface area contributed by atoms with Crippen LogP contribution >= 0.6 is 0 Å². The number of nitrogens with zero attached hydrogens (tertiary/aromatic N) is 5. The average molecular weight is 470 g/mol. The van der Waals surface area contributed by atoms with Crippen molar-refractivity contribution >= 4 is 25.6 Å². The van der Waals surface area contributed by atoms with Crippen molar-refractivity contribution in [2.75, 3.05) is 67.2 Å². The summed E-state index contributed by atoms with van der Waals surface area (Å²) in [6.45, 7) is 19.3. The Morgan fingerprint density at radius 3 is 2.09 bits per heavy atom. The van der Waals surface area contributed by atoms with Gasteiger partial charge in [-0.25, -0.2) is 9.97 Å². The maximum atomic E-state index is 6.44. The predicted octanol–water partition coefficient (Wildman–Crippen LogP) is 4.16.